The van der Waals surface area contributed by atoms with Gasteiger partial charge in [0, 0.05) is 24.1 Å². The summed E-state index contributed by atoms with van der Waals surface area (Å²) in [4.78, 5) is 9.99. The zero-order chi connectivity index (χ0) is 15.3. The Morgan fingerprint density at radius 3 is 2.60 bits per heavy atom. The highest BCUT2D eigenvalue weighted by Gasteiger charge is 2.26. The molecular weight excluding hydrogens is 279 g/mol. The van der Waals surface area contributed by atoms with Gasteiger partial charge in [-0.25, -0.2) is 0 Å². The molecule has 1 rings (SSSR count). The number of benzene rings is 1. The number of alkyl halides is 3. The molecular formula is C12H14F3NO4. The zero-order valence-corrected chi connectivity index (χ0v) is 10.7. The molecule has 0 saturated heterocycles. The van der Waals surface area contributed by atoms with E-state index in [-0.39, 0.29) is 30.0 Å². The minimum atomic E-state index is -4.24. The van der Waals surface area contributed by atoms with Crippen molar-refractivity contribution in [2.24, 2.45) is 0 Å². The van der Waals surface area contributed by atoms with Crippen LogP contribution in [-0.4, -0.2) is 22.8 Å². The summed E-state index contributed by atoms with van der Waals surface area (Å²) in [5, 5.41) is 20.1. The average molecular weight is 293 g/mol. The van der Waals surface area contributed by atoms with Gasteiger partial charge in [-0.3, -0.25) is 10.1 Å². The highest BCUT2D eigenvalue weighted by molar-refractivity contribution is 5.44. The summed E-state index contributed by atoms with van der Waals surface area (Å²) in [6.07, 6.45) is -6.46. The molecule has 112 valence electrons. The maximum absolute atomic E-state index is 12.0. The van der Waals surface area contributed by atoms with E-state index in [0.29, 0.717) is 0 Å². The molecule has 0 aliphatic rings. The summed E-state index contributed by atoms with van der Waals surface area (Å²) in [6, 6.07) is 3.59. The molecule has 0 heterocycles. The van der Waals surface area contributed by atoms with Crippen LogP contribution in [0.3, 0.4) is 0 Å². The number of aliphatic hydroxyl groups excluding tert-OH is 1. The molecule has 0 saturated carbocycles. The predicted octanol–water partition coefficient (Wildman–Crippen LogP) is 3.37. The van der Waals surface area contributed by atoms with Crippen LogP contribution >= 0.6 is 0 Å². The van der Waals surface area contributed by atoms with Gasteiger partial charge in [-0.2, -0.15) is 13.2 Å². The Labute approximate surface area is 113 Å². The fourth-order valence-corrected chi connectivity index (χ4v) is 1.56. The fourth-order valence-electron chi connectivity index (χ4n) is 1.56. The number of halogens is 3. The molecule has 0 bridgehead atoms. The van der Waals surface area contributed by atoms with Crippen molar-refractivity contribution < 1.29 is 27.9 Å². The third-order valence-corrected chi connectivity index (χ3v) is 2.52. The van der Waals surface area contributed by atoms with Crippen LogP contribution in [0.1, 0.15) is 31.4 Å². The lowest BCUT2D eigenvalue weighted by atomic mass is 10.1. The first-order valence-electron chi connectivity index (χ1n) is 5.86. The van der Waals surface area contributed by atoms with Crippen molar-refractivity contribution in [3.05, 3.63) is 33.9 Å². The number of hydrogen-bond acceptors (Lipinski definition) is 4. The molecule has 1 atom stereocenters. The molecule has 1 aromatic rings. The molecule has 8 heteroatoms. The maximum Gasteiger partial charge on any atom is 0.389 e. The molecule has 0 spiro atoms. The summed E-state index contributed by atoms with van der Waals surface area (Å²) in [5.41, 5.74) is -0.0465. The Hall–Kier alpha value is -1.83. The van der Waals surface area contributed by atoms with Gasteiger partial charge in [-0.05, 0) is 19.4 Å². The van der Waals surface area contributed by atoms with Gasteiger partial charge in [-0.1, -0.05) is 0 Å². The van der Waals surface area contributed by atoms with E-state index in [1.165, 1.54) is 19.1 Å². The standard InChI is InChI=1S/C12H14F3NO4/c1-8(17)10-7-9(16(18)19)3-4-11(10)20-6-2-5-12(13,14)15/h3-4,7-8,17H,2,5-6H2,1H3. The van der Waals surface area contributed by atoms with Crippen molar-refractivity contribution in [3.8, 4) is 5.75 Å². The van der Waals surface area contributed by atoms with Crippen molar-refractivity contribution in [1.82, 2.24) is 0 Å². The molecule has 0 fully saturated rings. The smallest absolute Gasteiger partial charge is 0.389 e. The van der Waals surface area contributed by atoms with E-state index in [4.69, 9.17) is 4.74 Å². The molecule has 1 aromatic carbocycles. The Morgan fingerprint density at radius 2 is 2.10 bits per heavy atom. The Morgan fingerprint density at radius 1 is 1.45 bits per heavy atom. The third kappa shape index (κ3) is 5.04. The summed E-state index contributed by atoms with van der Waals surface area (Å²) in [7, 11) is 0. The lowest BCUT2D eigenvalue weighted by molar-refractivity contribution is -0.385. The second-order valence-electron chi connectivity index (χ2n) is 4.22. The van der Waals surface area contributed by atoms with Gasteiger partial charge < -0.3 is 9.84 Å². The summed E-state index contributed by atoms with van der Waals surface area (Å²) in [5.74, 6) is 0.146. The number of nitro benzene ring substituents is 1. The molecule has 0 aliphatic carbocycles. The van der Waals surface area contributed by atoms with Crippen LogP contribution < -0.4 is 4.74 Å². The molecule has 1 unspecified atom stereocenters. The van der Waals surface area contributed by atoms with Gasteiger partial charge in [0.05, 0.1) is 17.6 Å². The van der Waals surface area contributed by atoms with Crippen LogP contribution in [0.4, 0.5) is 18.9 Å². The first-order valence-corrected chi connectivity index (χ1v) is 5.86. The first kappa shape index (κ1) is 16.2. The van der Waals surface area contributed by atoms with Crippen molar-refractivity contribution >= 4 is 5.69 Å². The first-order chi connectivity index (χ1) is 9.20. The second-order valence-corrected chi connectivity index (χ2v) is 4.22. The number of hydrogen-bond donors (Lipinski definition) is 1. The predicted molar refractivity (Wildman–Crippen MR) is 64.5 cm³/mol. The highest BCUT2D eigenvalue weighted by atomic mass is 19.4. The van der Waals surface area contributed by atoms with Gasteiger partial charge in [0.25, 0.3) is 5.69 Å². The normalized spacial score (nSPS) is 13.1. The van der Waals surface area contributed by atoms with E-state index >= 15 is 0 Å². The number of ether oxygens (including phenoxy) is 1. The van der Waals surface area contributed by atoms with Gasteiger partial charge >= 0.3 is 6.18 Å². The lowest BCUT2D eigenvalue weighted by Crippen LogP contribution is -2.10. The van der Waals surface area contributed by atoms with Crippen LogP contribution in [0.5, 0.6) is 5.75 Å². The topological polar surface area (TPSA) is 72.6 Å². The Balaban J connectivity index is 2.72. The average Bonchev–Trinajstić information content (AvgIpc) is 2.33. The van der Waals surface area contributed by atoms with Gasteiger partial charge in [0.1, 0.15) is 5.75 Å². The Kier molecular flexibility index (Phi) is 5.32. The quantitative estimate of drug-likeness (QED) is 0.496. The van der Waals surface area contributed by atoms with E-state index in [9.17, 15) is 28.4 Å². The van der Waals surface area contributed by atoms with Crippen molar-refractivity contribution in [2.75, 3.05) is 6.61 Å². The zero-order valence-electron chi connectivity index (χ0n) is 10.7. The molecule has 0 aliphatic heterocycles. The van der Waals surface area contributed by atoms with Gasteiger partial charge in [-0.15, -0.1) is 0 Å². The third-order valence-electron chi connectivity index (χ3n) is 2.52. The number of aliphatic hydroxyl groups is 1. The van der Waals surface area contributed by atoms with E-state index in [1.54, 1.807) is 0 Å². The molecule has 0 amide bonds. The van der Waals surface area contributed by atoms with Crippen LogP contribution in [0.25, 0.3) is 0 Å². The van der Waals surface area contributed by atoms with Gasteiger partial charge in [0.2, 0.25) is 0 Å². The fraction of sp³-hybridized carbons (Fsp3) is 0.500. The van der Waals surface area contributed by atoms with Crippen LogP contribution in [0.15, 0.2) is 18.2 Å². The molecule has 0 aromatic heterocycles. The minimum Gasteiger partial charge on any atom is -0.493 e. The van der Waals surface area contributed by atoms with E-state index in [0.717, 1.165) is 6.07 Å². The number of non-ortho nitro benzene ring substituents is 1. The number of nitrogens with zero attached hydrogens (tertiary/aromatic N) is 1. The van der Waals surface area contributed by atoms with Crippen LogP contribution in [0, 0.1) is 10.1 Å². The highest BCUT2D eigenvalue weighted by Crippen LogP contribution is 2.30. The molecule has 20 heavy (non-hydrogen) atoms. The number of nitro groups is 1. The van der Waals surface area contributed by atoms with Crippen LogP contribution in [0.2, 0.25) is 0 Å². The number of rotatable bonds is 6. The van der Waals surface area contributed by atoms with Crippen molar-refractivity contribution in [2.45, 2.75) is 32.0 Å². The maximum atomic E-state index is 12.0. The molecule has 5 nitrogen and oxygen atoms in total. The second kappa shape index (κ2) is 6.56. The van der Waals surface area contributed by atoms with Crippen LogP contribution in [-0.2, 0) is 0 Å². The largest absolute Gasteiger partial charge is 0.493 e. The summed E-state index contributed by atoms with van der Waals surface area (Å²) >= 11 is 0. The minimum absolute atomic E-state index is 0.146. The summed E-state index contributed by atoms with van der Waals surface area (Å²) < 4.78 is 41.0. The van der Waals surface area contributed by atoms with Gasteiger partial charge in [0.15, 0.2) is 0 Å². The Bertz CT molecular complexity index is 474. The lowest BCUT2D eigenvalue weighted by Gasteiger charge is -2.13. The van der Waals surface area contributed by atoms with E-state index in [2.05, 4.69) is 0 Å². The summed E-state index contributed by atoms with van der Waals surface area (Å²) in [6.45, 7) is 1.21. The van der Waals surface area contributed by atoms with E-state index in [1.807, 2.05) is 0 Å². The molecule has 0 radical (unpaired) electrons. The van der Waals surface area contributed by atoms with Crippen molar-refractivity contribution in [3.63, 3.8) is 0 Å². The van der Waals surface area contributed by atoms with E-state index < -0.39 is 23.6 Å². The van der Waals surface area contributed by atoms with Crippen molar-refractivity contribution in [1.29, 1.82) is 0 Å². The monoisotopic (exact) mass is 293 g/mol. The SMILES string of the molecule is CC(O)c1cc([N+](=O)[O-])ccc1OCCCC(F)(F)F. The molecule has 1 N–H and O–H groups in total.